The number of nitrogens with zero attached hydrogens (tertiary/aromatic N) is 2. The molecule has 0 saturated carbocycles. The maximum Gasteiger partial charge on any atom is 0.304 e. The first-order chi connectivity index (χ1) is 10.2. The van der Waals surface area contributed by atoms with Crippen LogP contribution in [0.4, 0.5) is 0 Å². The van der Waals surface area contributed by atoms with E-state index in [1.54, 1.807) is 0 Å². The minimum absolute atomic E-state index is 0.0601. The van der Waals surface area contributed by atoms with Crippen LogP contribution in [0.1, 0.15) is 17.9 Å². The lowest BCUT2D eigenvalue weighted by molar-refractivity contribution is -0.136. The predicted molar refractivity (Wildman–Crippen MR) is 72.6 cm³/mol. The lowest BCUT2D eigenvalue weighted by Gasteiger charge is -1.99. The zero-order chi connectivity index (χ0) is 14.7. The molecule has 1 aromatic heterocycles. The van der Waals surface area contributed by atoms with Crippen LogP contribution in [0.2, 0.25) is 0 Å². The molecule has 21 heavy (non-hydrogen) atoms. The largest absolute Gasteiger partial charge is 0.481 e. The van der Waals surface area contributed by atoms with Crippen molar-refractivity contribution in [2.75, 3.05) is 12.5 Å². The van der Waals surface area contributed by atoms with Crippen LogP contribution in [0.25, 0.3) is 0 Å². The molecule has 1 aliphatic rings. The molecule has 1 aliphatic heterocycles. The summed E-state index contributed by atoms with van der Waals surface area (Å²) in [5, 5.41) is 16.8. The van der Waals surface area contributed by atoms with Crippen LogP contribution in [0.5, 0.6) is 11.5 Å². The Morgan fingerprint density at radius 3 is 3.00 bits per heavy atom. The molecule has 2 heterocycles. The van der Waals surface area contributed by atoms with Crippen molar-refractivity contribution >= 4 is 17.7 Å². The van der Waals surface area contributed by atoms with E-state index in [0.29, 0.717) is 29.0 Å². The minimum atomic E-state index is -0.845. The van der Waals surface area contributed by atoms with Crippen LogP contribution in [-0.4, -0.2) is 33.8 Å². The molecule has 7 nitrogen and oxygen atoms in total. The Bertz CT molecular complexity index is 658. The van der Waals surface area contributed by atoms with Gasteiger partial charge in [0.05, 0.1) is 12.8 Å². The van der Waals surface area contributed by atoms with Gasteiger partial charge in [0.25, 0.3) is 5.22 Å². The van der Waals surface area contributed by atoms with Gasteiger partial charge in [-0.25, -0.2) is 0 Å². The van der Waals surface area contributed by atoms with E-state index >= 15 is 0 Å². The van der Waals surface area contributed by atoms with E-state index in [9.17, 15) is 4.79 Å². The molecular weight excluding hydrogens is 296 g/mol. The molecule has 0 atom stereocenters. The minimum Gasteiger partial charge on any atom is -0.481 e. The molecule has 0 fully saturated rings. The summed E-state index contributed by atoms with van der Waals surface area (Å²) < 4.78 is 16.0. The van der Waals surface area contributed by atoms with E-state index in [1.807, 2.05) is 18.2 Å². The third-order valence-corrected chi connectivity index (χ3v) is 3.60. The SMILES string of the molecule is O=C(O)CCSc1nnc(Cc2ccc3c(c2)OCO3)o1. The smallest absolute Gasteiger partial charge is 0.304 e. The van der Waals surface area contributed by atoms with Crippen molar-refractivity contribution in [3.8, 4) is 11.5 Å². The first-order valence-electron chi connectivity index (χ1n) is 6.26. The van der Waals surface area contributed by atoms with Gasteiger partial charge >= 0.3 is 5.97 Å². The first-order valence-corrected chi connectivity index (χ1v) is 7.25. The molecule has 1 aromatic carbocycles. The molecular formula is C13H12N2O5S. The van der Waals surface area contributed by atoms with Crippen LogP contribution >= 0.6 is 11.8 Å². The molecule has 0 saturated heterocycles. The summed E-state index contributed by atoms with van der Waals surface area (Å²) in [6, 6.07) is 5.63. The normalized spacial score (nSPS) is 12.6. The third kappa shape index (κ3) is 3.46. The van der Waals surface area contributed by atoms with Crippen LogP contribution < -0.4 is 9.47 Å². The van der Waals surface area contributed by atoms with Gasteiger partial charge in [-0.3, -0.25) is 4.79 Å². The number of fused-ring (bicyclic) bond motifs is 1. The molecule has 0 aliphatic carbocycles. The van der Waals surface area contributed by atoms with Crippen molar-refractivity contribution < 1.29 is 23.8 Å². The predicted octanol–water partition coefficient (Wildman–Crippen LogP) is 1.96. The number of hydrogen-bond donors (Lipinski definition) is 1. The van der Waals surface area contributed by atoms with E-state index in [1.165, 1.54) is 11.8 Å². The zero-order valence-corrected chi connectivity index (χ0v) is 11.8. The van der Waals surface area contributed by atoms with Crippen molar-refractivity contribution in [1.82, 2.24) is 10.2 Å². The van der Waals surface area contributed by atoms with E-state index < -0.39 is 5.97 Å². The second kappa shape index (κ2) is 6.04. The molecule has 3 rings (SSSR count). The second-order valence-corrected chi connectivity index (χ2v) is 5.36. The van der Waals surface area contributed by atoms with Gasteiger partial charge in [-0.2, -0.15) is 0 Å². The lowest BCUT2D eigenvalue weighted by atomic mass is 10.1. The number of thioether (sulfide) groups is 1. The number of ether oxygens (including phenoxy) is 2. The lowest BCUT2D eigenvalue weighted by Crippen LogP contribution is -1.95. The number of aliphatic carboxylic acids is 1. The summed E-state index contributed by atoms with van der Waals surface area (Å²) in [5.41, 5.74) is 0.977. The monoisotopic (exact) mass is 308 g/mol. The summed E-state index contributed by atoms with van der Waals surface area (Å²) in [4.78, 5) is 10.4. The number of aromatic nitrogens is 2. The number of benzene rings is 1. The topological polar surface area (TPSA) is 94.7 Å². The molecule has 0 bridgehead atoms. The zero-order valence-electron chi connectivity index (χ0n) is 10.9. The van der Waals surface area contributed by atoms with Gasteiger partial charge in [-0.05, 0) is 17.7 Å². The fourth-order valence-corrected chi connectivity index (χ4v) is 2.52. The average Bonchev–Trinajstić information content (AvgIpc) is 3.07. The molecule has 0 amide bonds. The number of rotatable bonds is 6. The van der Waals surface area contributed by atoms with E-state index in [2.05, 4.69) is 10.2 Å². The Morgan fingerprint density at radius 1 is 1.29 bits per heavy atom. The Kier molecular flexibility index (Phi) is 3.96. The molecule has 0 radical (unpaired) electrons. The van der Waals surface area contributed by atoms with Crippen LogP contribution in [0.15, 0.2) is 27.8 Å². The van der Waals surface area contributed by atoms with Crippen LogP contribution in [-0.2, 0) is 11.2 Å². The summed E-state index contributed by atoms with van der Waals surface area (Å²) in [6.45, 7) is 0.240. The van der Waals surface area contributed by atoms with Gasteiger partial charge in [-0.1, -0.05) is 17.8 Å². The summed E-state index contributed by atoms with van der Waals surface area (Å²) in [7, 11) is 0. The van der Waals surface area contributed by atoms with E-state index in [-0.39, 0.29) is 13.2 Å². The Balaban J connectivity index is 1.60. The van der Waals surface area contributed by atoms with Crippen molar-refractivity contribution in [3.63, 3.8) is 0 Å². The highest BCUT2D eigenvalue weighted by Gasteiger charge is 2.15. The molecule has 0 unspecified atom stereocenters. The van der Waals surface area contributed by atoms with Gasteiger partial charge in [0.2, 0.25) is 12.7 Å². The Morgan fingerprint density at radius 2 is 2.14 bits per heavy atom. The van der Waals surface area contributed by atoms with Gasteiger partial charge in [-0.15, -0.1) is 10.2 Å². The summed E-state index contributed by atoms with van der Waals surface area (Å²) in [6.07, 6.45) is 0.549. The van der Waals surface area contributed by atoms with Crippen LogP contribution in [0, 0.1) is 0 Å². The van der Waals surface area contributed by atoms with E-state index in [4.69, 9.17) is 19.0 Å². The van der Waals surface area contributed by atoms with Gasteiger partial charge in [0.15, 0.2) is 11.5 Å². The fourth-order valence-electron chi connectivity index (χ4n) is 1.82. The van der Waals surface area contributed by atoms with Gasteiger partial charge < -0.3 is 19.0 Å². The van der Waals surface area contributed by atoms with Crippen molar-refractivity contribution in [2.24, 2.45) is 0 Å². The second-order valence-electron chi connectivity index (χ2n) is 4.32. The highest BCUT2D eigenvalue weighted by molar-refractivity contribution is 7.99. The number of carboxylic acid groups (broad SMARTS) is 1. The van der Waals surface area contributed by atoms with Crippen molar-refractivity contribution in [3.05, 3.63) is 29.7 Å². The number of hydrogen-bond acceptors (Lipinski definition) is 7. The van der Waals surface area contributed by atoms with Crippen molar-refractivity contribution in [2.45, 2.75) is 18.1 Å². The van der Waals surface area contributed by atoms with Gasteiger partial charge in [0.1, 0.15) is 0 Å². The summed E-state index contributed by atoms with van der Waals surface area (Å²) >= 11 is 1.23. The third-order valence-electron chi connectivity index (χ3n) is 2.78. The molecule has 0 spiro atoms. The fraction of sp³-hybridized carbons (Fsp3) is 0.308. The Hall–Kier alpha value is -2.22. The number of carboxylic acids is 1. The molecule has 110 valence electrons. The highest BCUT2D eigenvalue weighted by Crippen LogP contribution is 2.33. The average molecular weight is 308 g/mol. The quantitative estimate of drug-likeness (QED) is 0.809. The number of carbonyl (C=O) groups is 1. The maximum absolute atomic E-state index is 10.4. The maximum atomic E-state index is 10.4. The standard InChI is InChI=1S/C13H12N2O5S/c16-12(17)3-4-21-13-15-14-11(20-13)6-8-1-2-9-10(5-8)19-7-18-9/h1-2,5H,3-4,6-7H2,(H,16,17). The highest BCUT2D eigenvalue weighted by atomic mass is 32.2. The first kappa shape index (κ1) is 13.7. The van der Waals surface area contributed by atoms with E-state index in [0.717, 1.165) is 11.3 Å². The summed E-state index contributed by atoms with van der Waals surface area (Å²) in [5.74, 6) is 1.48. The Labute approximate surface area is 124 Å². The van der Waals surface area contributed by atoms with Gasteiger partial charge in [0, 0.05) is 5.75 Å². The molecule has 8 heteroatoms. The van der Waals surface area contributed by atoms with Crippen LogP contribution in [0.3, 0.4) is 0 Å². The molecule has 1 N–H and O–H groups in total. The van der Waals surface area contributed by atoms with Crippen molar-refractivity contribution in [1.29, 1.82) is 0 Å². The molecule has 2 aromatic rings.